The van der Waals surface area contributed by atoms with Crippen LogP contribution in [-0.4, -0.2) is 17.1 Å². The highest BCUT2D eigenvalue weighted by Gasteiger charge is 2.10. The first kappa shape index (κ1) is 12.1. The smallest absolute Gasteiger partial charge is 0.143 e. The third kappa shape index (κ3) is 2.30. The number of aromatic amines is 1. The Morgan fingerprint density at radius 1 is 1.37 bits per heavy atom. The summed E-state index contributed by atoms with van der Waals surface area (Å²) >= 11 is 5.18. The van der Waals surface area contributed by atoms with E-state index in [4.69, 9.17) is 21.4 Å². The largest absolute Gasteiger partial charge is 0.464 e. The normalized spacial score (nSPS) is 11.0. The fraction of sp³-hybridized carbons (Fsp3) is 0.143. The Balaban J connectivity index is 2.18. The molecule has 0 spiro atoms. The molecule has 0 fully saturated rings. The van der Waals surface area contributed by atoms with E-state index < -0.39 is 0 Å². The zero-order valence-electron chi connectivity index (χ0n) is 10.3. The maximum absolute atomic E-state index is 5.52. The van der Waals surface area contributed by atoms with Gasteiger partial charge in [0.1, 0.15) is 22.3 Å². The summed E-state index contributed by atoms with van der Waals surface area (Å²) in [7, 11) is 1.64. The van der Waals surface area contributed by atoms with Crippen LogP contribution < -0.4 is 0 Å². The van der Waals surface area contributed by atoms with Gasteiger partial charge in [-0.3, -0.25) is 0 Å². The van der Waals surface area contributed by atoms with Crippen LogP contribution in [0.2, 0.25) is 0 Å². The fourth-order valence-corrected chi connectivity index (χ4v) is 2.26. The molecule has 0 aliphatic carbocycles. The lowest BCUT2D eigenvalue weighted by Crippen LogP contribution is -1.97. The summed E-state index contributed by atoms with van der Waals surface area (Å²) in [6, 6.07) is 9.62. The van der Waals surface area contributed by atoms with Crippen LogP contribution in [-0.2, 0) is 11.3 Å². The van der Waals surface area contributed by atoms with E-state index in [-0.39, 0.29) is 0 Å². The summed E-state index contributed by atoms with van der Waals surface area (Å²) in [5.41, 5.74) is 2.62. The number of furan rings is 1. The topological polar surface area (TPSA) is 51.1 Å². The minimum atomic E-state index is 0.467. The van der Waals surface area contributed by atoms with Crippen LogP contribution in [0, 0.1) is 4.64 Å². The number of aromatic nitrogens is 2. The van der Waals surface area contributed by atoms with Gasteiger partial charge in [-0.15, -0.1) is 0 Å². The van der Waals surface area contributed by atoms with Crippen molar-refractivity contribution in [3.05, 3.63) is 46.9 Å². The lowest BCUT2D eigenvalue weighted by atomic mass is 10.1. The van der Waals surface area contributed by atoms with Crippen LogP contribution in [0.1, 0.15) is 5.69 Å². The Hall–Kier alpha value is -1.98. The summed E-state index contributed by atoms with van der Waals surface area (Å²) in [6.45, 7) is 0.467. The first-order chi connectivity index (χ1) is 9.28. The van der Waals surface area contributed by atoms with Crippen molar-refractivity contribution >= 4 is 23.2 Å². The molecular weight excluding hydrogens is 260 g/mol. The number of para-hydroxylation sites is 1. The van der Waals surface area contributed by atoms with Gasteiger partial charge in [-0.2, -0.15) is 0 Å². The van der Waals surface area contributed by atoms with Crippen molar-refractivity contribution in [3.8, 4) is 11.4 Å². The molecule has 0 bridgehead atoms. The monoisotopic (exact) mass is 272 g/mol. The average Bonchev–Trinajstić information content (AvgIpc) is 2.82. The quantitative estimate of drug-likeness (QED) is 0.739. The molecule has 3 rings (SSSR count). The number of fused-ring (bicyclic) bond motifs is 1. The predicted octanol–water partition coefficient (Wildman–Crippen LogP) is 3.70. The molecule has 2 aromatic heterocycles. The first-order valence-corrected chi connectivity index (χ1v) is 6.24. The highest BCUT2D eigenvalue weighted by atomic mass is 32.1. The molecule has 1 aromatic carbocycles. The van der Waals surface area contributed by atoms with E-state index >= 15 is 0 Å². The molecule has 0 aliphatic rings. The van der Waals surface area contributed by atoms with Crippen LogP contribution in [0.25, 0.3) is 22.4 Å². The molecule has 1 N–H and O–H groups in total. The Kier molecular flexibility index (Phi) is 3.15. The molecule has 0 aliphatic heterocycles. The third-order valence-corrected chi connectivity index (χ3v) is 3.04. The number of methoxy groups -OCH3 is 1. The van der Waals surface area contributed by atoms with Gasteiger partial charge in [0.15, 0.2) is 0 Å². The van der Waals surface area contributed by atoms with Crippen LogP contribution in [0.4, 0.5) is 0 Å². The van der Waals surface area contributed by atoms with Gasteiger partial charge >= 0.3 is 0 Å². The Bertz CT molecular complexity index is 776. The zero-order valence-corrected chi connectivity index (χ0v) is 11.2. The number of benzene rings is 1. The third-order valence-electron chi connectivity index (χ3n) is 2.83. The molecule has 4 nitrogen and oxygen atoms in total. The van der Waals surface area contributed by atoms with E-state index in [1.165, 1.54) is 0 Å². The minimum absolute atomic E-state index is 0.467. The lowest BCUT2D eigenvalue weighted by Gasteiger charge is -2.03. The molecule has 0 radical (unpaired) electrons. The van der Waals surface area contributed by atoms with Crippen molar-refractivity contribution in [1.82, 2.24) is 9.97 Å². The average molecular weight is 272 g/mol. The standard InChI is InChI=1S/C14H12N2O2S/c1-17-7-9-6-13(19)16-14(15-9)11-8-18-12-5-3-2-4-10(11)12/h2-6,8H,7H2,1H3,(H,15,16,19). The van der Waals surface area contributed by atoms with Crippen molar-refractivity contribution in [2.75, 3.05) is 7.11 Å². The lowest BCUT2D eigenvalue weighted by molar-refractivity contribution is 0.181. The summed E-state index contributed by atoms with van der Waals surface area (Å²) in [5.74, 6) is 0.699. The predicted molar refractivity (Wildman–Crippen MR) is 75.3 cm³/mol. The van der Waals surface area contributed by atoms with Gasteiger partial charge in [0.2, 0.25) is 0 Å². The summed E-state index contributed by atoms with van der Waals surface area (Å²) in [6.07, 6.45) is 1.69. The van der Waals surface area contributed by atoms with Crippen LogP contribution in [0.15, 0.2) is 41.0 Å². The van der Waals surface area contributed by atoms with E-state index in [2.05, 4.69) is 9.97 Å². The van der Waals surface area contributed by atoms with Crippen molar-refractivity contribution < 1.29 is 9.15 Å². The minimum Gasteiger partial charge on any atom is -0.464 e. The highest BCUT2D eigenvalue weighted by Crippen LogP contribution is 2.28. The molecule has 0 atom stereocenters. The number of ether oxygens (including phenoxy) is 1. The van der Waals surface area contributed by atoms with E-state index in [1.807, 2.05) is 24.3 Å². The van der Waals surface area contributed by atoms with Gasteiger partial charge < -0.3 is 14.1 Å². The SMILES string of the molecule is COCc1cc(=S)nc(-c2coc3ccccc23)[nH]1. The second-order valence-electron chi connectivity index (χ2n) is 4.17. The van der Waals surface area contributed by atoms with E-state index in [0.29, 0.717) is 17.1 Å². The van der Waals surface area contributed by atoms with Gasteiger partial charge in [-0.1, -0.05) is 30.4 Å². The maximum Gasteiger partial charge on any atom is 0.143 e. The van der Waals surface area contributed by atoms with Crippen LogP contribution >= 0.6 is 12.2 Å². The van der Waals surface area contributed by atoms with E-state index in [0.717, 1.165) is 22.2 Å². The van der Waals surface area contributed by atoms with Gasteiger partial charge in [-0.25, -0.2) is 4.98 Å². The molecule has 3 aromatic rings. The summed E-state index contributed by atoms with van der Waals surface area (Å²) < 4.78 is 11.2. The molecule has 96 valence electrons. The zero-order chi connectivity index (χ0) is 13.2. The second kappa shape index (κ2) is 4.95. The molecule has 0 saturated heterocycles. The van der Waals surface area contributed by atoms with Crippen molar-refractivity contribution in [3.63, 3.8) is 0 Å². The van der Waals surface area contributed by atoms with E-state index in [1.54, 1.807) is 19.4 Å². The van der Waals surface area contributed by atoms with Gasteiger partial charge in [0, 0.05) is 18.2 Å². The molecule has 0 amide bonds. The molecule has 0 unspecified atom stereocenters. The Morgan fingerprint density at radius 2 is 2.21 bits per heavy atom. The Morgan fingerprint density at radius 3 is 3.05 bits per heavy atom. The molecule has 19 heavy (non-hydrogen) atoms. The molecule has 5 heteroatoms. The number of H-pyrrole nitrogens is 1. The van der Waals surface area contributed by atoms with Gasteiger partial charge in [0.05, 0.1) is 12.2 Å². The second-order valence-corrected chi connectivity index (χ2v) is 4.59. The first-order valence-electron chi connectivity index (χ1n) is 5.84. The van der Waals surface area contributed by atoms with Crippen LogP contribution in [0.3, 0.4) is 0 Å². The summed E-state index contributed by atoms with van der Waals surface area (Å²) in [4.78, 5) is 7.57. The highest BCUT2D eigenvalue weighted by molar-refractivity contribution is 7.71. The number of hydrogen-bond donors (Lipinski definition) is 1. The summed E-state index contributed by atoms with van der Waals surface area (Å²) in [5, 5.41) is 1.01. The molecular formula is C14H12N2O2S. The van der Waals surface area contributed by atoms with Crippen molar-refractivity contribution in [2.45, 2.75) is 6.61 Å². The van der Waals surface area contributed by atoms with Crippen LogP contribution in [0.5, 0.6) is 0 Å². The molecule has 0 saturated carbocycles. The number of hydrogen-bond acceptors (Lipinski definition) is 4. The number of rotatable bonds is 3. The molecule has 2 heterocycles. The van der Waals surface area contributed by atoms with Gasteiger partial charge in [0.25, 0.3) is 0 Å². The maximum atomic E-state index is 5.52. The fourth-order valence-electron chi connectivity index (χ4n) is 2.03. The Labute approximate surface area is 115 Å². The van der Waals surface area contributed by atoms with Crippen molar-refractivity contribution in [2.24, 2.45) is 0 Å². The van der Waals surface area contributed by atoms with Crippen molar-refractivity contribution in [1.29, 1.82) is 0 Å². The number of nitrogens with zero attached hydrogens (tertiary/aromatic N) is 1. The van der Waals surface area contributed by atoms with E-state index in [9.17, 15) is 0 Å². The number of nitrogens with one attached hydrogen (secondary N) is 1. The van der Waals surface area contributed by atoms with Gasteiger partial charge in [-0.05, 0) is 12.1 Å².